The van der Waals surface area contributed by atoms with Crippen LogP contribution in [0.3, 0.4) is 0 Å². The Morgan fingerprint density at radius 3 is 2.08 bits per heavy atom. The monoisotopic (exact) mass is 549 g/mol. The van der Waals surface area contributed by atoms with Gasteiger partial charge in [0.05, 0.1) is 11.4 Å². The quantitative estimate of drug-likeness (QED) is 0.363. The smallest absolute Gasteiger partial charge is 0.244 e. The summed E-state index contributed by atoms with van der Waals surface area (Å²) in [5.74, 6) is -0.409. The summed E-state index contributed by atoms with van der Waals surface area (Å²) in [4.78, 5) is 16.8. The van der Waals surface area contributed by atoms with Crippen molar-refractivity contribution in [1.82, 2.24) is 9.21 Å². The van der Waals surface area contributed by atoms with Crippen molar-refractivity contribution in [3.63, 3.8) is 0 Å². The minimum Gasteiger partial charge on any atom is -0.369 e. The highest BCUT2D eigenvalue weighted by molar-refractivity contribution is 7.89. The van der Waals surface area contributed by atoms with Gasteiger partial charge in [0.2, 0.25) is 10.0 Å². The lowest BCUT2D eigenvalue weighted by Crippen LogP contribution is -2.50. The summed E-state index contributed by atoms with van der Waals surface area (Å²) >= 11 is 0. The fraction of sp³-hybridized carbons (Fsp3) is 0.464. The second kappa shape index (κ2) is 15.7. The van der Waals surface area contributed by atoms with Crippen molar-refractivity contribution in [2.45, 2.75) is 32.0 Å². The molecular weight excluding hydrogens is 509 g/mol. The van der Waals surface area contributed by atoms with E-state index < -0.39 is 10.0 Å². The Morgan fingerprint density at radius 1 is 0.921 bits per heavy atom. The molecule has 8 nitrogen and oxygen atoms in total. The second-order valence-corrected chi connectivity index (χ2v) is 10.4. The lowest BCUT2D eigenvalue weighted by Gasteiger charge is -2.37. The van der Waals surface area contributed by atoms with Gasteiger partial charge >= 0.3 is 0 Å². The third-order valence-corrected chi connectivity index (χ3v) is 8.06. The van der Waals surface area contributed by atoms with Crippen LogP contribution in [0.5, 0.6) is 0 Å². The number of nitrogens with zero attached hydrogens (tertiary/aromatic N) is 3. The summed E-state index contributed by atoms with van der Waals surface area (Å²) in [7, 11) is -3.63. The Kier molecular flexibility index (Phi) is 13.1. The Balaban J connectivity index is 0.000000437. The van der Waals surface area contributed by atoms with Crippen molar-refractivity contribution in [1.29, 1.82) is 0 Å². The van der Waals surface area contributed by atoms with Crippen LogP contribution in [0.1, 0.15) is 31.1 Å². The molecule has 1 saturated heterocycles. The maximum absolute atomic E-state index is 13.1. The molecule has 0 spiro atoms. The summed E-state index contributed by atoms with van der Waals surface area (Å²) < 4.78 is 50.1. The van der Waals surface area contributed by atoms with Gasteiger partial charge in [-0.15, -0.1) is 13.2 Å². The van der Waals surface area contributed by atoms with E-state index in [2.05, 4.69) is 23.0 Å². The summed E-state index contributed by atoms with van der Waals surface area (Å²) in [6, 6.07) is 12.8. The molecule has 2 aromatic rings. The van der Waals surface area contributed by atoms with Crippen LogP contribution in [0.25, 0.3) is 0 Å². The number of piperazine rings is 1. The number of Topliss-reactive ketones (excluding diaryl/α,β-unsaturated/α-hetero) is 1. The van der Waals surface area contributed by atoms with Crippen molar-refractivity contribution >= 4 is 21.5 Å². The van der Waals surface area contributed by atoms with E-state index in [1.165, 1.54) is 22.5 Å². The molecule has 0 aliphatic carbocycles. The van der Waals surface area contributed by atoms with Gasteiger partial charge in [-0.3, -0.25) is 9.69 Å². The van der Waals surface area contributed by atoms with E-state index in [1.54, 1.807) is 30.3 Å². The largest absolute Gasteiger partial charge is 0.369 e. The number of hydrogen-bond donors (Lipinski definition) is 0. The summed E-state index contributed by atoms with van der Waals surface area (Å²) in [6.07, 6.45) is -0.0370. The highest BCUT2D eigenvalue weighted by Crippen LogP contribution is 2.26. The SMILES string of the molecule is C=C.CCOC(C)OCC.O=C1CN(CCN2CCN(c3ccc(F)cc3)CC2)S(=O)(=O)c2ccccc21. The normalized spacial score (nSPS) is 17.2. The lowest BCUT2D eigenvalue weighted by molar-refractivity contribution is -0.123. The van der Waals surface area contributed by atoms with Gasteiger partial charge in [-0.1, -0.05) is 12.1 Å². The topological polar surface area (TPSA) is 79.4 Å². The fourth-order valence-electron chi connectivity index (χ4n) is 4.24. The number of halogens is 1. The summed E-state index contributed by atoms with van der Waals surface area (Å²) in [5.41, 5.74) is 1.27. The molecule has 2 aliphatic rings. The Hall–Kier alpha value is -2.63. The van der Waals surface area contributed by atoms with Crippen molar-refractivity contribution in [2.24, 2.45) is 0 Å². The van der Waals surface area contributed by atoms with Gasteiger partial charge in [0.15, 0.2) is 12.1 Å². The first-order valence-corrected chi connectivity index (χ1v) is 14.3. The predicted octanol–water partition coefficient (Wildman–Crippen LogP) is 4.04. The highest BCUT2D eigenvalue weighted by atomic mass is 32.2. The maximum Gasteiger partial charge on any atom is 0.244 e. The van der Waals surface area contributed by atoms with Crippen molar-refractivity contribution < 1.29 is 27.1 Å². The van der Waals surface area contributed by atoms with Gasteiger partial charge in [0.1, 0.15) is 5.82 Å². The van der Waals surface area contributed by atoms with Crippen molar-refractivity contribution in [3.05, 3.63) is 73.1 Å². The van der Waals surface area contributed by atoms with Gasteiger partial charge < -0.3 is 14.4 Å². The van der Waals surface area contributed by atoms with Crippen LogP contribution in [0.2, 0.25) is 0 Å². The number of anilines is 1. The van der Waals surface area contributed by atoms with Gasteiger partial charge in [-0.05, 0) is 57.2 Å². The summed E-state index contributed by atoms with van der Waals surface area (Å²) in [5, 5.41) is 0. The molecule has 0 amide bonds. The number of fused-ring (bicyclic) bond motifs is 1. The van der Waals surface area contributed by atoms with Crippen LogP contribution in [0, 0.1) is 5.82 Å². The van der Waals surface area contributed by atoms with E-state index >= 15 is 0 Å². The number of rotatable bonds is 8. The van der Waals surface area contributed by atoms with Gasteiger partial charge in [-0.25, -0.2) is 12.8 Å². The summed E-state index contributed by atoms with van der Waals surface area (Å²) in [6.45, 7) is 17.2. The standard InChI is InChI=1S/C20H22FN3O3S.C6H14O2.C2H4/c21-16-5-7-17(8-6-16)23-12-9-22(10-13-23)11-14-24-15-19(25)18-3-1-2-4-20(18)28(24,26)27;1-4-7-6(3)8-5-2;1-2/h1-8H,9-15H2;6H,4-5H2,1-3H3;1-2H2. The first-order chi connectivity index (χ1) is 18.3. The van der Waals surface area contributed by atoms with E-state index in [4.69, 9.17) is 9.47 Å². The molecule has 1 fully saturated rings. The average molecular weight is 550 g/mol. The zero-order chi connectivity index (χ0) is 28.1. The number of hydrogen-bond acceptors (Lipinski definition) is 7. The van der Waals surface area contributed by atoms with Gasteiger partial charge in [0.25, 0.3) is 0 Å². The molecule has 0 unspecified atom stereocenters. The molecule has 0 aromatic heterocycles. The highest BCUT2D eigenvalue weighted by Gasteiger charge is 2.35. The number of benzene rings is 2. The van der Waals surface area contributed by atoms with E-state index in [9.17, 15) is 17.6 Å². The maximum atomic E-state index is 13.1. The molecule has 2 heterocycles. The fourth-order valence-corrected chi connectivity index (χ4v) is 5.84. The van der Waals surface area contributed by atoms with E-state index in [-0.39, 0.29) is 34.9 Å². The minimum absolute atomic E-state index is 0.0370. The number of ketones is 1. The lowest BCUT2D eigenvalue weighted by atomic mass is 10.1. The van der Waals surface area contributed by atoms with Gasteiger partial charge in [-0.2, -0.15) is 4.31 Å². The molecule has 0 saturated carbocycles. The zero-order valence-electron chi connectivity index (χ0n) is 22.6. The van der Waals surface area contributed by atoms with Crippen LogP contribution in [-0.2, 0) is 19.5 Å². The minimum atomic E-state index is -3.63. The predicted molar refractivity (Wildman–Crippen MR) is 149 cm³/mol. The Labute approximate surface area is 226 Å². The first-order valence-electron chi connectivity index (χ1n) is 12.8. The third-order valence-electron chi connectivity index (χ3n) is 6.16. The molecule has 0 atom stereocenters. The molecule has 0 radical (unpaired) electrons. The molecule has 210 valence electrons. The molecule has 4 rings (SSSR count). The number of sulfonamides is 1. The van der Waals surface area contributed by atoms with Crippen LogP contribution in [0.4, 0.5) is 10.1 Å². The molecule has 0 bridgehead atoms. The third kappa shape index (κ3) is 8.71. The molecular formula is C28H40FN3O5S. The van der Waals surface area contributed by atoms with Crippen LogP contribution in [0.15, 0.2) is 66.6 Å². The first kappa shape index (κ1) is 31.6. The van der Waals surface area contributed by atoms with Crippen LogP contribution in [-0.4, -0.2) is 88.7 Å². The van der Waals surface area contributed by atoms with Gasteiger partial charge in [0, 0.05) is 63.7 Å². The Bertz CT molecular complexity index is 1100. The van der Waals surface area contributed by atoms with E-state index in [0.29, 0.717) is 13.1 Å². The van der Waals surface area contributed by atoms with Crippen LogP contribution < -0.4 is 4.90 Å². The Morgan fingerprint density at radius 2 is 1.50 bits per heavy atom. The van der Waals surface area contributed by atoms with E-state index in [0.717, 1.165) is 45.1 Å². The molecule has 10 heteroatoms. The molecule has 0 N–H and O–H groups in total. The van der Waals surface area contributed by atoms with Crippen LogP contribution >= 0.6 is 0 Å². The van der Waals surface area contributed by atoms with Crippen molar-refractivity contribution in [3.8, 4) is 0 Å². The molecule has 2 aromatic carbocycles. The second-order valence-electron chi connectivity index (χ2n) is 8.54. The molecule has 2 aliphatic heterocycles. The van der Waals surface area contributed by atoms with Crippen molar-refractivity contribution in [2.75, 3.05) is 63.9 Å². The molecule has 38 heavy (non-hydrogen) atoms. The zero-order valence-corrected chi connectivity index (χ0v) is 23.5. The van der Waals surface area contributed by atoms with E-state index in [1.807, 2.05) is 20.8 Å². The average Bonchev–Trinajstić information content (AvgIpc) is 2.93. The number of carbonyl (C=O) groups is 1. The number of ether oxygens (including phenoxy) is 2. The number of carbonyl (C=O) groups excluding carboxylic acids is 1.